The number of aromatic nitrogens is 1. The highest BCUT2D eigenvalue weighted by Crippen LogP contribution is 2.33. The lowest BCUT2D eigenvalue weighted by Gasteiger charge is -2.38. The second-order valence-corrected chi connectivity index (χ2v) is 7.85. The summed E-state index contributed by atoms with van der Waals surface area (Å²) in [6.07, 6.45) is -3.70. The molecule has 0 radical (unpaired) electrons. The van der Waals surface area contributed by atoms with Crippen LogP contribution in [-0.2, 0) is 17.5 Å². The molecule has 162 valence electrons. The number of halogens is 5. The topological polar surface area (TPSA) is 48.5 Å². The summed E-state index contributed by atoms with van der Waals surface area (Å²) in [5.74, 6) is 0.203. The zero-order chi connectivity index (χ0) is 21.9. The zero-order valence-corrected chi connectivity index (χ0v) is 17.7. The van der Waals surface area contributed by atoms with Crippen molar-refractivity contribution in [1.29, 1.82) is 0 Å². The van der Waals surface area contributed by atoms with E-state index in [0.29, 0.717) is 43.6 Å². The zero-order valence-electron chi connectivity index (χ0n) is 16.2. The Kier molecular flexibility index (Phi) is 7.10. The maximum Gasteiger partial charge on any atom is 0.417 e. The van der Waals surface area contributed by atoms with Gasteiger partial charge in [-0.3, -0.25) is 9.69 Å². The minimum atomic E-state index is -4.49. The van der Waals surface area contributed by atoms with Crippen LogP contribution < -0.4 is 10.2 Å². The van der Waals surface area contributed by atoms with Crippen molar-refractivity contribution >= 4 is 34.9 Å². The van der Waals surface area contributed by atoms with Gasteiger partial charge < -0.3 is 10.2 Å². The molecule has 1 aromatic carbocycles. The van der Waals surface area contributed by atoms with E-state index >= 15 is 0 Å². The van der Waals surface area contributed by atoms with Gasteiger partial charge in [0.2, 0.25) is 5.91 Å². The van der Waals surface area contributed by atoms with E-state index in [2.05, 4.69) is 10.3 Å². The van der Waals surface area contributed by atoms with Gasteiger partial charge in [-0.05, 0) is 24.6 Å². The Hall–Kier alpha value is -2.03. The number of nitrogens with one attached hydrogen (secondary N) is 1. The Labute approximate surface area is 182 Å². The standard InChI is InChI=1S/C20H21Cl2F3N4O/c1-13(19(30)27-11-14-4-2-3-5-16(14)21)28-6-8-29(9-7-28)18-17(22)10-15(12-26-18)20(23,24)25/h2-5,10,12-13H,6-9,11H2,1H3,(H,27,30). The number of benzene rings is 1. The molecule has 1 N–H and O–H groups in total. The van der Waals surface area contributed by atoms with Crippen LogP contribution in [0.4, 0.5) is 19.0 Å². The van der Waals surface area contributed by atoms with Crippen LogP contribution >= 0.6 is 23.2 Å². The number of carbonyl (C=O) groups is 1. The smallest absolute Gasteiger partial charge is 0.353 e. The summed E-state index contributed by atoms with van der Waals surface area (Å²) >= 11 is 12.1. The lowest BCUT2D eigenvalue weighted by molar-refractivity contribution is -0.137. The van der Waals surface area contributed by atoms with Crippen molar-refractivity contribution in [3.05, 3.63) is 57.7 Å². The van der Waals surface area contributed by atoms with E-state index in [4.69, 9.17) is 23.2 Å². The van der Waals surface area contributed by atoms with Crippen LogP contribution in [0.15, 0.2) is 36.5 Å². The average molecular weight is 461 g/mol. The maximum atomic E-state index is 12.8. The van der Waals surface area contributed by atoms with Crippen molar-refractivity contribution in [2.45, 2.75) is 25.7 Å². The van der Waals surface area contributed by atoms with Crippen molar-refractivity contribution < 1.29 is 18.0 Å². The van der Waals surface area contributed by atoms with Gasteiger partial charge in [0.1, 0.15) is 5.82 Å². The highest BCUT2D eigenvalue weighted by Gasteiger charge is 2.33. The first-order valence-corrected chi connectivity index (χ1v) is 10.1. The molecule has 5 nitrogen and oxygen atoms in total. The van der Waals surface area contributed by atoms with Crippen molar-refractivity contribution in [3.8, 4) is 0 Å². The Morgan fingerprint density at radius 3 is 2.43 bits per heavy atom. The first-order chi connectivity index (χ1) is 14.2. The molecule has 1 atom stereocenters. The van der Waals surface area contributed by atoms with E-state index in [1.807, 2.05) is 34.9 Å². The summed E-state index contributed by atoms with van der Waals surface area (Å²) in [7, 11) is 0. The van der Waals surface area contributed by atoms with E-state index in [9.17, 15) is 18.0 Å². The molecule has 3 rings (SSSR count). The van der Waals surface area contributed by atoms with Gasteiger partial charge in [0.15, 0.2) is 0 Å². The molecule has 30 heavy (non-hydrogen) atoms. The van der Waals surface area contributed by atoms with Crippen LogP contribution in [0.2, 0.25) is 10.0 Å². The molecule has 1 aliphatic heterocycles. The van der Waals surface area contributed by atoms with Crippen molar-refractivity contribution in [2.75, 3.05) is 31.1 Å². The third-order valence-corrected chi connectivity index (χ3v) is 5.75. The Morgan fingerprint density at radius 1 is 1.17 bits per heavy atom. The maximum absolute atomic E-state index is 12.8. The number of carbonyl (C=O) groups excluding carboxylic acids is 1. The highest BCUT2D eigenvalue weighted by atomic mass is 35.5. The number of piperazine rings is 1. The number of pyridine rings is 1. The highest BCUT2D eigenvalue weighted by molar-refractivity contribution is 6.33. The average Bonchev–Trinajstić information content (AvgIpc) is 2.72. The minimum absolute atomic E-state index is 0.0381. The summed E-state index contributed by atoms with van der Waals surface area (Å²) in [6.45, 7) is 4.27. The van der Waals surface area contributed by atoms with E-state index in [1.165, 1.54) is 0 Å². The third kappa shape index (κ3) is 5.36. The van der Waals surface area contributed by atoms with Crippen molar-refractivity contribution in [2.24, 2.45) is 0 Å². The second-order valence-electron chi connectivity index (χ2n) is 7.04. The molecule has 1 fully saturated rings. The van der Waals surface area contributed by atoms with Gasteiger partial charge in [-0.25, -0.2) is 4.98 Å². The Balaban J connectivity index is 1.54. The number of nitrogens with zero attached hydrogens (tertiary/aromatic N) is 3. The van der Waals surface area contributed by atoms with E-state index in [-0.39, 0.29) is 17.0 Å². The number of hydrogen-bond donors (Lipinski definition) is 1. The molecule has 1 aliphatic rings. The van der Waals surface area contributed by atoms with Gasteiger partial charge in [0.05, 0.1) is 16.6 Å². The molecule has 2 heterocycles. The molecule has 2 aromatic rings. The van der Waals surface area contributed by atoms with E-state index in [1.54, 1.807) is 6.07 Å². The largest absolute Gasteiger partial charge is 0.417 e. The summed E-state index contributed by atoms with van der Waals surface area (Å²) in [5, 5.41) is 3.45. The third-order valence-electron chi connectivity index (χ3n) is 5.10. The van der Waals surface area contributed by atoms with E-state index in [0.717, 1.165) is 17.8 Å². The van der Waals surface area contributed by atoms with Crippen LogP contribution in [0.25, 0.3) is 0 Å². The molecule has 0 aliphatic carbocycles. The number of amides is 1. The summed E-state index contributed by atoms with van der Waals surface area (Å²) in [4.78, 5) is 20.3. The van der Waals surface area contributed by atoms with Crippen molar-refractivity contribution in [3.63, 3.8) is 0 Å². The van der Waals surface area contributed by atoms with Crippen LogP contribution in [0.3, 0.4) is 0 Å². The predicted octanol–water partition coefficient (Wildman–Crippen LogP) is 4.23. The summed E-state index contributed by atoms with van der Waals surface area (Å²) in [5.41, 5.74) is -0.0359. The Morgan fingerprint density at radius 2 is 1.83 bits per heavy atom. The second kappa shape index (κ2) is 9.41. The lowest BCUT2D eigenvalue weighted by atomic mass is 10.2. The number of rotatable bonds is 5. The molecule has 1 aromatic heterocycles. The molecule has 1 amide bonds. The van der Waals surface area contributed by atoms with Gasteiger partial charge in [-0.15, -0.1) is 0 Å². The molecular weight excluding hydrogens is 440 g/mol. The summed E-state index contributed by atoms with van der Waals surface area (Å²) < 4.78 is 38.4. The SMILES string of the molecule is CC(C(=O)NCc1ccccc1Cl)N1CCN(c2ncc(C(F)(F)F)cc2Cl)CC1. The van der Waals surface area contributed by atoms with Gasteiger partial charge in [0, 0.05) is 43.9 Å². The number of hydrogen-bond acceptors (Lipinski definition) is 4. The molecule has 0 spiro atoms. The molecule has 1 unspecified atom stereocenters. The van der Waals surface area contributed by atoms with Crippen LogP contribution in [-0.4, -0.2) is 48.0 Å². The quantitative estimate of drug-likeness (QED) is 0.724. The fourth-order valence-electron chi connectivity index (χ4n) is 3.28. The predicted molar refractivity (Wildman–Crippen MR) is 111 cm³/mol. The van der Waals surface area contributed by atoms with Crippen LogP contribution in [0.5, 0.6) is 0 Å². The van der Waals surface area contributed by atoms with Gasteiger partial charge in [-0.1, -0.05) is 41.4 Å². The Bertz CT molecular complexity index is 902. The monoisotopic (exact) mass is 460 g/mol. The van der Waals surface area contributed by atoms with Crippen LogP contribution in [0, 0.1) is 0 Å². The minimum Gasteiger partial charge on any atom is -0.353 e. The number of anilines is 1. The van der Waals surface area contributed by atoms with E-state index < -0.39 is 11.7 Å². The molecule has 0 bridgehead atoms. The van der Waals surface area contributed by atoms with Gasteiger partial charge in [0.25, 0.3) is 0 Å². The summed E-state index contributed by atoms with van der Waals surface area (Å²) in [6, 6.07) is 7.84. The normalized spacial score (nSPS) is 16.4. The first kappa shape index (κ1) is 22.7. The van der Waals surface area contributed by atoms with Gasteiger partial charge in [-0.2, -0.15) is 13.2 Å². The fourth-order valence-corrected chi connectivity index (χ4v) is 3.77. The van der Waals surface area contributed by atoms with Crippen molar-refractivity contribution in [1.82, 2.24) is 15.2 Å². The number of alkyl halides is 3. The first-order valence-electron chi connectivity index (χ1n) is 9.39. The lowest BCUT2D eigenvalue weighted by Crippen LogP contribution is -2.54. The molecule has 1 saturated heterocycles. The molecule has 10 heteroatoms. The fraction of sp³-hybridized carbons (Fsp3) is 0.400. The molecular formula is C20H21Cl2F3N4O. The molecule has 0 saturated carbocycles. The van der Waals surface area contributed by atoms with Gasteiger partial charge >= 0.3 is 6.18 Å². The van der Waals surface area contributed by atoms with Crippen LogP contribution in [0.1, 0.15) is 18.1 Å².